The minimum atomic E-state index is -0.347. The molecule has 4 nitrogen and oxygen atoms in total. The van der Waals surface area contributed by atoms with Gasteiger partial charge in [-0.1, -0.05) is 41.5 Å². The Balaban J connectivity index is 3.51. The standard InChI is InChI=1S/C15H24N2O2/c1-7-15(5,6)9-17-12(14(2,3)4)11(18)10(8-16)13(17)19/h18-19H,7,9H2,1-6H3. The minimum Gasteiger partial charge on any atom is -0.505 e. The van der Waals surface area contributed by atoms with Gasteiger partial charge in [-0.25, -0.2) is 0 Å². The molecule has 106 valence electrons. The molecular formula is C15H24N2O2. The van der Waals surface area contributed by atoms with Crippen LogP contribution in [0.4, 0.5) is 0 Å². The average Bonchev–Trinajstić information content (AvgIpc) is 2.49. The summed E-state index contributed by atoms with van der Waals surface area (Å²) in [5, 5.41) is 29.5. The van der Waals surface area contributed by atoms with Crippen LogP contribution < -0.4 is 0 Å². The molecule has 19 heavy (non-hydrogen) atoms. The van der Waals surface area contributed by atoms with Gasteiger partial charge in [0.15, 0.2) is 11.3 Å². The fourth-order valence-corrected chi connectivity index (χ4v) is 2.15. The van der Waals surface area contributed by atoms with Gasteiger partial charge in [-0.3, -0.25) is 0 Å². The average molecular weight is 264 g/mol. The van der Waals surface area contributed by atoms with E-state index in [-0.39, 0.29) is 28.0 Å². The number of nitrogens with zero attached hydrogens (tertiary/aromatic N) is 2. The highest BCUT2D eigenvalue weighted by Gasteiger charge is 2.32. The molecule has 0 atom stereocenters. The third kappa shape index (κ3) is 2.86. The molecule has 0 amide bonds. The molecule has 0 fully saturated rings. The Labute approximate surface area is 115 Å². The Morgan fingerprint density at radius 3 is 2.05 bits per heavy atom. The van der Waals surface area contributed by atoms with Crippen LogP contribution in [0.3, 0.4) is 0 Å². The second kappa shape index (κ2) is 4.80. The summed E-state index contributed by atoms with van der Waals surface area (Å²) in [6, 6.07) is 1.88. The van der Waals surface area contributed by atoms with E-state index in [0.29, 0.717) is 12.2 Å². The highest BCUT2D eigenvalue weighted by Crippen LogP contribution is 2.42. The minimum absolute atomic E-state index is 0.0182. The second-order valence-corrected chi connectivity index (χ2v) is 6.86. The zero-order chi connectivity index (χ0) is 15.0. The Kier molecular flexibility index (Phi) is 3.90. The zero-order valence-corrected chi connectivity index (χ0v) is 12.7. The van der Waals surface area contributed by atoms with Crippen molar-refractivity contribution in [2.75, 3.05) is 0 Å². The molecule has 1 aromatic heterocycles. The lowest BCUT2D eigenvalue weighted by Gasteiger charge is -2.28. The van der Waals surface area contributed by atoms with Crippen molar-refractivity contribution in [2.24, 2.45) is 5.41 Å². The van der Waals surface area contributed by atoms with Gasteiger partial charge in [0.1, 0.15) is 6.07 Å². The number of nitriles is 1. The number of hydrogen-bond donors (Lipinski definition) is 2. The predicted octanol–water partition coefficient (Wildman–Crippen LogP) is 3.50. The summed E-state index contributed by atoms with van der Waals surface area (Å²) in [6.45, 7) is 12.7. The van der Waals surface area contributed by atoms with Crippen LogP contribution in [-0.2, 0) is 12.0 Å². The summed E-state index contributed by atoms with van der Waals surface area (Å²) >= 11 is 0. The fourth-order valence-electron chi connectivity index (χ4n) is 2.15. The highest BCUT2D eigenvalue weighted by atomic mass is 16.3. The summed E-state index contributed by atoms with van der Waals surface area (Å²) in [5.74, 6) is -0.231. The van der Waals surface area contributed by atoms with Crippen molar-refractivity contribution in [3.8, 4) is 17.7 Å². The molecule has 1 rings (SSSR count). The molecule has 0 aliphatic heterocycles. The van der Waals surface area contributed by atoms with Gasteiger partial charge in [0, 0.05) is 12.0 Å². The van der Waals surface area contributed by atoms with Crippen molar-refractivity contribution in [3.63, 3.8) is 0 Å². The van der Waals surface area contributed by atoms with Crippen LogP contribution in [0.15, 0.2) is 0 Å². The van der Waals surface area contributed by atoms with Crippen LogP contribution >= 0.6 is 0 Å². The summed E-state index contributed by atoms with van der Waals surface area (Å²) in [7, 11) is 0. The lowest BCUT2D eigenvalue weighted by atomic mass is 9.88. The first-order valence-electron chi connectivity index (χ1n) is 6.60. The van der Waals surface area contributed by atoms with Crippen molar-refractivity contribution >= 4 is 0 Å². The number of hydrogen-bond acceptors (Lipinski definition) is 3. The molecule has 2 N–H and O–H groups in total. The van der Waals surface area contributed by atoms with Crippen LogP contribution in [0.25, 0.3) is 0 Å². The zero-order valence-electron chi connectivity index (χ0n) is 12.7. The maximum Gasteiger partial charge on any atom is 0.213 e. The van der Waals surface area contributed by atoms with Crippen molar-refractivity contribution < 1.29 is 10.2 Å². The molecule has 1 aromatic rings. The van der Waals surface area contributed by atoms with E-state index >= 15 is 0 Å². The molecule has 0 aromatic carbocycles. The van der Waals surface area contributed by atoms with Crippen LogP contribution in [0.2, 0.25) is 0 Å². The second-order valence-electron chi connectivity index (χ2n) is 6.86. The Morgan fingerprint density at radius 2 is 1.68 bits per heavy atom. The third-order valence-corrected chi connectivity index (χ3v) is 3.58. The molecule has 0 unspecified atom stereocenters. The molecule has 0 saturated heterocycles. The maximum atomic E-state index is 10.2. The fraction of sp³-hybridized carbons (Fsp3) is 0.667. The van der Waals surface area contributed by atoms with Crippen LogP contribution in [0.1, 0.15) is 59.2 Å². The van der Waals surface area contributed by atoms with E-state index in [0.717, 1.165) is 6.42 Å². The maximum absolute atomic E-state index is 10.2. The molecule has 0 spiro atoms. The van der Waals surface area contributed by atoms with Crippen molar-refractivity contribution in [1.82, 2.24) is 4.57 Å². The van der Waals surface area contributed by atoms with Crippen LogP contribution in [0, 0.1) is 16.7 Å². The summed E-state index contributed by atoms with van der Waals surface area (Å²) in [6.07, 6.45) is 0.941. The lowest BCUT2D eigenvalue weighted by Crippen LogP contribution is -2.24. The van der Waals surface area contributed by atoms with Crippen molar-refractivity contribution in [3.05, 3.63) is 11.3 Å². The first-order chi connectivity index (χ1) is 8.55. The largest absolute Gasteiger partial charge is 0.505 e. The van der Waals surface area contributed by atoms with E-state index in [9.17, 15) is 10.2 Å². The van der Waals surface area contributed by atoms with Gasteiger partial charge in [0.25, 0.3) is 0 Å². The van der Waals surface area contributed by atoms with Gasteiger partial charge in [-0.2, -0.15) is 5.26 Å². The molecule has 0 saturated carbocycles. The van der Waals surface area contributed by atoms with Gasteiger partial charge in [-0.05, 0) is 11.8 Å². The van der Waals surface area contributed by atoms with Crippen LogP contribution in [0.5, 0.6) is 11.6 Å². The Bertz CT molecular complexity index is 514. The molecule has 0 aliphatic carbocycles. The molecule has 0 aliphatic rings. The highest BCUT2D eigenvalue weighted by molar-refractivity contribution is 5.56. The smallest absolute Gasteiger partial charge is 0.213 e. The predicted molar refractivity (Wildman–Crippen MR) is 75.2 cm³/mol. The number of aromatic hydroxyl groups is 2. The first-order valence-corrected chi connectivity index (χ1v) is 6.60. The number of aromatic nitrogens is 1. The lowest BCUT2D eigenvalue weighted by molar-refractivity contribution is 0.263. The van der Waals surface area contributed by atoms with Gasteiger partial charge >= 0.3 is 0 Å². The number of rotatable bonds is 3. The van der Waals surface area contributed by atoms with E-state index in [1.165, 1.54) is 0 Å². The SMILES string of the molecule is CCC(C)(C)Cn1c(O)c(C#N)c(O)c1C(C)(C)C. The van der Waals surface area contributed by atoms with Crippen LogP contribution in [-0.4, -0.2) is 14.8 Å². The van der Waals surface area contributed by atoms with E-state index < -0.39 is 0 Å². The van der Waals surface area contributed by atoms with Gasteiger partial charge < -0.3 is 14.8 Å². The van der Waals surface area contributed by atoms with Gasteiger partial charge in [0.05, 0.1) is 5.69 Å². The van der Waals surface area contributed by atoms with Gasteiger partial charge in [0.2, 0.25) is 5.88 Å². The quantitative estimate of drug-likeness (QED) is 0.877. The topological polar surface area (TPSA) is 69.2 Å². The van der Waals surface area contributed by atoms with E-state index in [2.05, 4.69) is 20.8 Å². The van der Waals surface area contributed by atoms with E-state index in [1.54, 1.807) is 4.57 Å². The molecule has 1 heterocycles. The summed E-state index contributed by atoms with van der Waals surface area (Å²) in [5.41, 5.74) is 0.218. The summed E-state index contributed by atoms with van der Waals surface area (Å²) in [4.78, 5) is 0. The summed E-state index contributed by atoms with van der Waals surface area (Å²) < 4.78 is 1.68. The van der Waals surface area contributed by atoms with Gasteiger partial charge in [-0.15, -0.1) is 0 Å². The molecule has 4 heteroatoms. The molecular weight excluding hydrogens is 240 g/mol. The van der Waals surface area contributed by atoms with Crippen molar-refractivity contribution in [1.29, 1.82) is 5.26 Å². The molecule has 0 bridgehead atoms. The van der Waals surface area contributed by atoms with E-state index in [1.807, 2.05) is 26.8 Å². The van der Waals surface area contributed by atoms with Crippen molar-refractivity contribution in [2.45, 2.75) is 59.9 Å². The first kappa shape index (κ1) is 15.4. The normalized spacial score (nSPS) is 12.5. The molecule has 0 radical (unpaired) electrons. The third-order valence-electron chi connectivity index (χ3n) is 3.58. The Hall–Kier alpha value is -1.63. The Morgan fingerprint density at radius 1 is 1.16 bits per heavy atom. The monoisotopic (exact) mass is 264 g/mol. The van der Waals surface area contributed by atoms with E-state index in [4.69, 9.17) is 5.26 Å².